The van der Waals surface area contributed by atoms with E-state index in [4.69, 9.17) is 14.2 Å². The Morgan fingerprint density at radius 1 is 1.25 bits per heavy atom. The van der Waals surface area contributed by atoms with Gasteiger partial charge in [0.05, 0.1) is 31.8 Å². The topological polar surface area (TPSA) is 94.9 Å². The van der Waals surface area contributed by atoms with Crippen molar-refractivity contribution in [2.45, 2.75) is 77.9 Å². The third-order valence-corrected chi connectivity index (χ3v) is 6.39. The molecule has 36 heavy (non-hydrogen) atoms. The third-order valence-electron chi connectivity index (χ3n) is 6.39. The minimum absolute atomic E-state index is 0.177. The van der Waals surface area contributed by atoms with Gasteiger partial charge in [-0.25, -0.2) is 9.78 Å². The number of nitrogens with zero attached hydrogens (tertiary/aromatic N) is 3. The third kappa shape index (κ3) is 7.80. The number of aromatic nitrogens is 2. The minimum Gasteiger partial charge on any atom is -0.468 e. The molecule has 1 aliphatic heterocycles. The lowest BCUT2D eigenvalue weighted by Gasteiger charge is -2.33. The second-order valence-electron chi connectivity index (χ2n) is 10.1. The maximum Gasteiger partial charge on any atom is 0.412 e. The fourth-order valence-corrected chi connectivity index (χ4v) is 4.31. The number of benzene rings is 1. The number of nitrogens with one attached hydrogen (secondary N) is 1. The average molecular weight is 501 g/mol. The van der Waals surface area contributed by atoms with Crippen molar-refractivity contribution in [3.8, 4) is 0 Å². The number of hydrogen-bond acceptors (Lipinski definition) is 7. The summed E-state index contributed by atoms with van der Waals surface area (Å²) in [6.45, 7) is 10.1. The van der Waals surface area contributed by atoms with E-state index >= 15 is 0 Å². The molecule has 2 heterocycles. The van der Waals surface area contributed by atoms with Crippen molar-refractivity contribution in [3.63, 3.8) is 0 Å². The molecular weight excluding hydrogens is 460 g/mol. The maximum absolute atomic E-state index is 13.0. The van der Waals surface area contributed by atoms with Gasteiger partial charge in [-0.05, 0) is 44.7 Å². The van der Waals surface area contributed by atoms with Crippen LogP contribution in [0.1, 0.15) is 51.8 Å². The fourth-order valence-electron chi connectivity index (χ4n) is 4.31. The molecule has 9 heteroatoms. The molecule has 1 amide bonds. The maximum atomic E-state index is 13.0. The summed E-state index contributed by atoms with van der Waals surface area (Å²) >= 11 is 0. The van der Waals surface area contributed by atoms with Gasteiger partial charge >= 0.3 is 12.1 Å². The molecule has 1 aromatic heterocycles. The van der Waals surface area contributed by atoms with Crippen LogP contribution >= 0.6 is 0 Å². The zero-order valence-electron chi connectivity index (χ0n) is 22.1. The van der Waals surface area contributed by atoms with Crippen LogP contribution in [-0.2, 0) is 38.6 Å². The molecule has 0 radical (unpaired) electrons. The smallest absolute Gasteiger partial charge is 0.412 e. The van der Waals surface area contributed by atoms with Crippen LogP contribution in [0.15, 0.2) is 42.9 Å². The Labute approximate surface area is 214 Å². The van der Waals surface area contributed by atoms with E-state index < -0.39 is 17.9 Å². The van der Waals surface area contributed by atoms with Crippen molar-refractivity contribution in [1.29, 1.82) is 0 Å². The van der Waals surface area contributed by atoms with Crippen LogP contribution in [0.2, 0.25) is 0 Å². The van der Waals surface area contributed by atoms with Crippen LogP contribution < -0.4 is 5.32 Å². The van der Waals surface area contributed by atoms with Crippen LogP contribution in [0, 0.1) is 5.92 Å². The number of aryl methyl sites for hydroxylation is 1. The molecule has 9 nitrogen and oxygen atoms in total. The Bertz CT molecular complexity index is 976. The van der Waals surface area contributed by atoms with E-state index in [-0.39, 0.29) is 18.6 Å². The largest absolute Gasteiger partial charge is 0.468 e. The van der Waals surface area contributed by atoms with Gasteiger partial charge in [-0.1, -0.05) is 44.2 Å². The van der Waals surface area contributed by atoms with Gasteiger partial charge < -0.3 is 24.1 Å². The minimum atomic E-state index is -0.775. The number of methoxy groups -OCH3 is 1. The average Bonchev–Trinajstić information content (AvgIpc) is 3.43. The van der Waals surface area contributed by atoms with Gasteiger partial charge in [-0.3, -0.25) is 9.69 Å². The van der Waals surface area contributed by atoms with Crippen molar-refractivity contribution in [2.75, 3.05) is 20.3 Å². The summed E-state index contributed by atoms with van der Waals surface area (Å²) in [5.41, 5.74) is 0.982. The van der Waals surface area contributed by atoms with Gasteiger partial charge in [0.25, 0.3) is 0 Å². The van der Waals surface area contributed by atoms with Gasteiger partial charge in [0.1, 0.15) is 18.4 Å². The molecule has 2 aromatic rings. The summed E-state index contributed by atoms with van der Waals surface area (Å²) in [6, 6.07) is 8.87. The highest BCUT2D eigenvalue weighted by molar-refractivity contribution is 5.76. The second-order valence-corrected chi connectivity index (χ2v) is 10.1. The van der Waals surface area contributed by atoms with E-state index in [9.17, 15) is 9.59 Å². The first-order valence-electron chi connectivity index (χ1n) is 12.7. The Balaban J connectivity index is 1.55. The summed E-state index contributed by atoms with van der Waals surface area (Å²) in [4.78, 5) is 31.5. The van der Waals surface area contributed by atoms with Crippen molar-refractivity contribution >= 4 is 12.1 Å². The predicted molar refractivity (Wildman–Crippen MR) is 136 cm³/mol. The molecule has 2 atom stereocenters. The number of hydrogen-bond donors (Lipinski definition) is 1. The van der Waals surface area contributed by atoms with Gasteiger partial charge in [0.2, 0.25) is 0 Å². The SMILES string of the molecule is COC(=O)C(Cc1cn(CCC(C)C)cn1)NCCC1COC(C)(C)N1C(=O)OCc1ccccc1. The van der Waals surface area contributed by atoms with Crippen molar-refractivity contribution in [1.82, 2.24) is 19.8 Å². The standard InChI is InChI=1S/C27H40N4O5/c1-20(2)12-14-30-16-22(29-19-30)15-24(25(32)34-5)28-13-11-23-18-36-27(3,4)31(23)26(33)35-17-21-9-7-6-8-10-21/h6-10,16,19-20,23-24,28H,11-15,17-18H2,1-5H3. The number of ether oxygens (including phenoxy) is 3. The molecule has 2 unspecified atom stereocenters. The van der Waals surface area contributed by atoms with Crippen molar-refractivity contribution in [3.05, 3.63) is 54.1 Å². The highest BCUT2D eigenvalue weighted by atomic mass is 16.6. The highest BCUT2D eigenvalue weighted by Gasteiger charge is 2.44. The fraction of sp³-hybridized carbons (Fsp3) is 0.593. The molecule has 0 spiro atoms. The molecule has 1 aromatic carbocycles. The molecular formula is C27H40N4O5. The Morgan fingerprint density at radius 3 is 2.69 bits per heavy atom. The molecule has 1 saturated heterocycles. The van der Waals surface area contributed by atoms with Crippen LogP contribution in [0.3, 0.4) is 0 Å². The zero-order chi connectivity index (χ0) is 26.1. The summed E-state index contributed by atoms with van der Waals surface area (Å²) in [5.74, 6) is 0.272. The summed E-state index contributed by atoms with van der Waals surface area (Å²) < 4.78 is 18.5. The Morgan fingerprint density at radius 2 is 2.00 bits per heavy atom. The van der Waals surface area contributed by atoms with Crippen molar-refractivity contribution in [2.24, 2.45) is 5.92 Å². The molecule has 1 fully saturated rings. The number of rotatable bonds is 12. The molecule has 0 bridgehead atoms. The predicted octanol–water partition coefficient (Wildman–Crippen LogP) is 3.77. The van der Waals surface area contributed by atoms with E-state index in [0.717, 1.165) is 24.2 Å². The Hall–Kier alpha value is -2.91. The quantitative estimate of drug-likeness (QED) is 0.443. The Kier molecular flexibility index (Phi) is 9.89. The van der Waals surface area contributed by atoms with E-state index in [1.54, 1.807) is 4.90 Å². The van der Waals surface area contributed by atoms with Gasteiger partial charge in [0.15, 0.2) is 0 Å². The number of carbonyl (C=O) groups is 2. The van der Waals surface area contributed by atoms with Crippen LogP contribution in [0.4, 0.5) is 4.79 Å². The van der Waals surface area contributed by atoms with Crippen molar-refractivity contribution < 1.29 is 23.8 Å². The molecule has 0 saturated carbocycles. The van der Waals surface area contributed by atoms with Gasteiger partial charge in [0, 0.05) is 19.2 Å². The number of amides is 1. The first-order valence-corrected chi connectivity index (χ1v) is 12.7. The molecule has 198 valence electrons. The van der Waals surface area contributed by atoms with Crippen LogP contribution in [-0.4, -0.2) is 64.6 Å². The first kappa shape index (κ1) is 27.7. The van der Waals surface area contributed by atoms with Crippen LogP contribution in [0.5, 0.6) is 0 Å². The monoisotopic (exact) mass is 500 g/mol. The van der Waals surface area contributed by atoms with E-state index in [1.807, 2.05) is 56.7 Å². The number of esters is 1. The van der Waals surface area contributed by atoms with Gasteiger partial charge in [-0.2, -0.15) is 0 Å². The lowest BCUT2D eigenvalue weighted by atomic mass is 10.1. The van der Waals surface area contributed by atoms with E-state index in [1.165, 1.54) is 7.11 Å². The lowest BCUT2D eigenvalue weighted by Crippen LogP contribution is -2.49. The number of imidazole rings is 1. The normalized spacial score (nSPS) is 17.8. The summed E-state index contributed by atoms with van der Waals surface area (Å²) in [6.07, 6.45) is 5.47. The van der Waals surface area contributed by atoms with E-state index in [0.29, 0.717) is 31.9 Å². The highest BCUT2D eigenvalue weighted by Crippen LogP contribution is 2.29. The molecule has 0 aliphatic carbocycles. The lowest BCUT2D eigenvalue weighted by molar-refractivity contribution is -0.143. The molecule has 3 rings (SSSR count). The summed E-state index contributed by atoms with van der Waals surface area (Å²) in [7, 11) is 1.38. The van der Waals surface area contributed by atoms with Crippen LogP contribution in [0.25, 0.3) is 0 Å². The molecule has 1 aliphatic rings. The zero-order valence-corrected chi connectivity index (χ0v) is 22.1. The number of carbonyl (C=O) groups excluding carboxylic acids is 2. The second kappa shape index (κ2) is 12.9. The van der Waals surface area contributed by atoms with E-state index in [2.05, 4.69) is 28.7 Å². The summed E-state index contributed by atoms with van der Waals surface area (Å²) in [5, 5.41) is 3.29. The first-order chi connectivity index (χ1) is 17.2. The van der Waals surface area contributed by atoms with Gasteiger partial charge in [-0.15, -0.1) is 0 Å². The molecule has 1 N–H and O–H groups in total.